The van der Waals surface area contributed by atoms with E-state index in [1.54, 1.807) is 16.0 Å². The van der Waals surface area contributed by atoms with Crippen molar-refractivity contribution in [1.29, 1.82) is 0 Å². The molecule has 4 rings (SSSR count). The highest BCUT2D eigenvalue weighted by Crippen LogP contribution is 2.38. The van der Waals surface area contributed by atoms with Crippen molar-refractivity contribution < 1.29 is 28.7 Å². The number of aliphatic imine (C=N–C) groups is 1. The Bertz CT molecular complexity index is 1770. The Morgan fingerprint density at radius 2 is 1.33 bits per heavy atom. The number of alkyl carbamates (subject to hydrolysis) is 2. The minimum atomic E-state index is -0.645. The fourth-order valence-electron chi connectivity index (χ4n) is 6.25. The second-order valence-electron chi connectivity index (χ2n) is 13.7. The van der Waals surface area contributed by atoms with Crippen molar-refractivity contribution in [2.45, 2.75) is 93.0 Å². The smallest absolute Gasteiger partial charge is 0.407 e. The summed E-state index contributed by atoms with van der Waals surface area (Å²) in [6.07, 6.45) is 9.41. The van der Waals surface area contributed by atoms with E-state index in [0.29, 0.717) is 44.2 Å². The summed E-state index contributed by atoms with van der Waals surface area (Å²) in [7, 11) is 2.52. The van der Waals surface area contributed by atoms with E-state index in [1.807, 2.05) is 32.2 Å². The summed E-state index contributed by atoms with van der Waals surface area (Å²) < 4.78 is 9.13. The molecule has 1 aliphatic rings. The molecule has 0 bridgehead atoms. The van der Waals surface area contributed by atoms with Gasteiger partial charge in [0.15, 0.2) is 0 Å². The van der Waals surface area contributed by atoms with E-state index in [2.05, 4.69) is 99.1 Å². The molecule has 1 aromatic heterocycles. The van der Waals surface area contributed by atoms with E-state index in [4.69, 9.17) is 0 Å². The monoisotopic (exact) mass is 803 g/mol. The van der Waals surface area contributed by atoms with Crippen LogP contribution in [0.15, 0.2) is 53.8 Å². The van der Waals surface area contributed by atoms with Gasteiger partial charge in [0.1, 0.15) is 18.9 Å². The number of benzene rings is 2. The van der Waals surface area contributed by atoms with E-state index in [1.165, 1.54) is 43.8 Å². The number of fused-ring (bicyclic) bond motifs is 1. The van der Waals surface area contributed by atoms with Crippen LogP contribution in [0.5, 0.6) is 0 Å². The summed E-state index contributed by atoms with van der Waals surface area (Å²) >= 11 is 0. The van der Waals surface area contributed by atoms with Crippen LogP contribution in [0.25, 0.3) is 28.1 Å². The zero-order valence-electron chi connectivity index (χ0n) is 36.0. The highest BCUT2D eigenvalue weighted by atomic mass is 16.5. The zero-order chi connectivity index (χ0) is 42.9. The molecule has 1 aliphatic carbocycles. The van der Waals surface area contributed by atoms with Crippen molar-refractivity contribution in [3.8, 4) is 22.4 Å². The fraction of sp³-hybridized carbons (Fsp3) is 0.500. The largest absolute Gasteiger partial charge is 0.453 e. The molecule has 0 spiro atoms. The molecule has 0 radical (unpaired) electrons. The van der Waals surface area contributed by atoms with E-state index in [-0.39, 0.29) is 24.9 Å². The second kappa shape index (κ2) is 27.1. The number of hydrogen-bond acceptors (Lipinski definition) is 9. The Morgan fingerprint density at radius 3 is 1.88 bits per heavy atom. The summed E-state index contributed by atoms with van der Waals surface area (Å²) in [5, 5.41) is 8.13. The lowest BCUT2D eigenvalue weighted by Crippen LogP contribution is -2.42. The molecule has 0 unspecified atom stereocenters. The summed E-state index contributed by atoms with van der Waals surface area (Å²) in [6, 6.07) is 12.6. The van der Waals surface area contributed by atoms with Gasteiger partial charge in [-0.25, -0.2) is 14.6 Å². The number of nitrogens with zero attached hydrogens (tertiary/aromatic N) is 4. The summed E-state index contributed by atoms with van der Waals surface area (Å²) in [4.78, 5) is 63.7. The van der Waals surface area contributed by atoms with Gasteiger partial charge >= 0.3 is 12.2 Å². The summed E-state index contributed by atoms with van der Waals surface area (Å²) in [5.41, 5.74) is 8.54. The highest BCUT2D eigenvalue weighted by Gasteiger charge is 2.22. The Labute approximate surface area is 345 Å². The minimum absolute atomic E-state index is 0.119. The number of aromatic amines is 1. The minimum Gasteiger partial charge on any atom is -0.453 e. The molecule has 4 amide bonds. The number of methoxy groups -OCH3 is 2. The van der Waals surface area contributed by atoms with E-state index < -0.39 is 12.2 Å². The fourth-order valence-corrected chi connectivity index (χ4v) is 6.25. The third-order valence-corrected chi connectivity index (χ3v) is 8.80. The number of ether oxygens (including phenoxy) is 2. The number of carbonyl (C=O) groups excluding carboxylic acids is 4. The summed E-state index contributed by atoms with van der Waals surface area (Å²) in [6.45, 7) is 18.4. The lowest BCUT2D eigenvalue weighted by atomic mass is 9.92. The Balaban J connectivity index is 0.00000182. The highest BCUT2D eigenvalue weighted by molar-refractivity contribution is 5.83. The Hall–Kier alpha value is -5.66. The van der Waals surface area contributed by atoms with Crippen LogP contribution in [-0.4, -0.2) is 104 Å². The van der Waals surface area contributed by atoms with Gasteiger partial charge in [0.2, 0.25) is 11.8 Å². The predicted octanol–water partition coefficient (Wildman–Crippen LogP) is 7.34. The first-order valence-corrected chi connectivity index (χ1v) is 20.4. The van der Waals surface area contributed by atoms with Crippen LogP contribution < -0.4 is 16.0 Å². The van der Waals surface area contributed by atoms with Crippen LogP contribution >= 0.6 is 0 Å². The van der Waals surface area contributed by atoms with Gasteiger partial charge in [-0.05, 0) is 61.1 Å². The Kier molecular flexibility index (Phi) is 22.6. The van der Waals surface area contributed by atoms with Gasteiger partial charge in [0.05, 0.1) is 38.4 Å². The average Bonchev–Trinajstić information content (AvgIpc) is 3.92. The van der Waals surface area contributed by atoms with Crippen LogP contribution in [0, 0.1) is 0 Å². The number of aromatic nitrogens is 2. The molecule has 0 saturated heterocycles. The first kappa shape index (κ1) is 48.5. The van der Waals surface area contributed by atoms with Gasteiger partial charge in [0.25, 0.3) is 0 Å². The molecular formula is C44H66N8O6. The molecule has 0 fully saturated rings. The standard InChI is InChI=1S/C38H50N8O6.2C3H8/c1-6-18-45(35(47)23-42-37(49)51-4)20-17-40-21-32(39-3)27-13-11-26(12-14-27)28-15-16-31(30-10-8-9-29(28)30)33-22-41-34(44-33)25-46(19-7-2)36(48)24-43-38(50)52-5;2*1-3-2/h11-16,21-22,40H,3,6-10,17-20,23-25H2,1-2,4-5H3,(H,41,44)(H,42,49)(H,43,50);2*3H2,1-2H3/b32-21-;;. The summed E-state index contributed by atoms with van der Waals surface area (Å²) in [5.74, 6) is 0.286. The van der Waals surface area contributed by atoms with Gasteiger partial charge in [0, 0.05) is 43.5 Å². The van der Waals surface area contributed by atoms with Crippen molar-refractivity contribution in [1.82, 2.24) is 35.7 Å². The molecule has 3 aromatic rings. The van der Waals surface area contributed by atoms with Gasteiger partial charge in [-0.3, -0.25) is 14.6 Å². The van der Waals surface area contributed by atoms with Crippen LogP contribution in [0.3, 0.4) is 0 Å². The van der Waals surface area contributed by atoms with Crippen LogP contribution in [0.2, 0.25) is 0 Å². The van der Waals surface area contributed by atoms with Crippen LogP contribution in [-0.2, 0) is 38.4 Å². The average molecular weight is 803 g/mol. The van der Waals surface area contributed by atoms with Crippen LogP contribution in [0.1, 0.15) is 96.2 Å². The molecule has 58 heavy (non-hydrogen) atoms. The molecule has 0 aliphatic heterocycles. The maximum Gasteiger partial charge on any atom is 0.407 e. The van der Waals surface area contributed by atoms with Crippen molar-refractivity contribution in [3.63, 3.8) is 0 Å². The van der Waals surface area contributed by atoms with Crippen molar-refractivity contribution in [2.24, 2.45) is 4.99 Å². The van der Waals surface area contributed by atoms with Crippen molar-refractivity contribution >= 4 is 36.4 Å². The molecule has 4 N–H and O–H groups in total. The zero-order valence-corrected chi connectivity index (χ0v) is 36.0. The molecule has 14 nitrogen and oxygen atoms in total. The van der Waals surface area contributed by atoms with Crippen LogP contribution in [0.4, 0.5) is 9.59 Å². The van der Waals surface area contributed by atoms with Gasteiger partial charge in [-0.1, -0.05) is 90.8 Å². The molecule has 318 valence electrons. The molecule has 0 saturated carbocycles. The number of nitrogens with one attached hydrogen (secondary N) is 4. The maximum atomic E-state index is 12.8. The third kappa shape index (κ3) is 15.4. The van der Waals surface area contributed by atoms with Gasteiger partial charge < -0.3 is 40.2 Å². The first-order valence-electron chi connectivity index (χ1n) is 20.4. The van der Waals surface area contributed by atoms with E-state index in [0.717, 1.165) is 54.5 Å². The molecule has 0 atom stereocenters. The third-order valence-electron chi connectivity index (χ3n) is 8.80. The van der Waals surface area contributed by atoms with Crippen molar-refractivity contribution in [3.05, 3.63) is 71.3 Å². The topological polar surface area (TPSA) is 170 Å². The Morgan fingerprint density at radius 1 is 0.793 bits per heavy atom. The number of hydrogen-bond donors (Lipinski definition) is 4. The molecular weight excluding hydrogens is 737 g/mol. The number of imidazole rings is 1. The predicted molar refractivity (Wildman–Crippen MR) is 232 cm³/mol. The normalized spacial score (nSPS) is 11.4. The second-order valence-corrected chi connectivity index (χ2v) is 13.7. The maximum absolute atomic E-state index is 12.8. The lowest BCUT2D eigenvalue weighted by molar-refractivity contribution is -0.131. The number of carbonyl (C=O) groups is 4. The van der Waals surface area contributed by atoms with E-state index >= 15 is 0 Å². The molecule has 2 aromatic carbocycles. The molecule has 1 heterocycles. The quantitative estimate of drug-likeness (QED) is 0.0765. The van der Waals surface area contributed by atoms with E-state index in [9.17, 15) is 19.2 Å². The van der Waals surface area contributed by atoms with Gasteiger partial charge in [-0.15, -0.1) is 0 Å². The number of rotatable bonds is 18. The number of amides is 4. The SMILES string of the molecule is C=N/C(=C\NCCN(CCC)C(=O)CNC(=O)OC)c1ccc(-c2ccc(-c3cnc(CN(CCC)C(=O)CNC(=O)OC)[nH]3)c3c2CCC3)cc1.CCC.CCC. The number of H-pyrrole nitrogens is 1. The molecule has 14 heteroatoms. The van der Waals surface area contributed by atoms with Crippen molar-refractivity contribution in [2.75, 3.05) is 53.5 Å². The van der Waals surface area contributed by atoms with Gasteiger partial charge in [-0.2, -0.15) is 0 Å². The first-order chi connectivity index (χ1) is 28.0. The lowest BCUT2D eigenvalue weighted by Gasteiger charge is -2.22.